The highest BCUT2D eigenvalue weighted by atomic mass is 16.2. The summed E-state index contributed by atoms with van der Waals surface area (Å²) in [6.07, 6.45) is 8.76. The Morgan fingerprint density at radius 3 is 2.82 bits per heavy atom. The second-order valence-corrected chi connectivity index (χ2v) is 7.59. The Labute approximate surface area is 132 Å². The molecule has 1 aliphatic heterocycles. The van der Waals surface area contributed by atoms with E-state index in [9.17, 15) is 4.79 Å². The van der Waals surface area contributed by atoms with Gasteiger partial charge in [-0.05, 0) is 56.6 Å². The normalized spacial score (nSPS) is 25.8. The fraction of sp³-hybridized carbons (Fsp3) is 0.765. The molecule has 22 heavy (non-hydrogen) atoms. The van der Waals surface area contributed by atoms with Gasteiger partial charge >= 0.3 is 0 Å². The van der Waals surface area contributed by atoms with E-state index in [4.69, 9.17) is 0 Å². The van der Waals surface area contributed by atoms with Gasteiger partial charge in [0.2, 0.25) is 0 Å². The van der Waals surface area contributed by atoms with Crippen molar-refractivity contribution in [2.24, 2.45) is 5.41 Å². The van der Waals surface area contributed by atoms with E-state index in [0.29, 0.717) is 23.2 Å². The summed E-state index contributed by atoms with van der Waals surface area (Å²) in [5.41, 5.74) is 0.979. The van der Waals surface area contributed by atoms with Gasteiger partial charge in [0.1, 0.15) is 5.69 Å². The van der Waals surface area contributed by atoms with Crippen molar-refractivity contribution in [2.45, 2.75) is 64.5 Å². The summed E-state index contributed by atoms with van der Waals surface area (Å²) in [6.45, 7) is 6.65. The molecule has 1 aromatic heterocycles. The summed E-state index contributed by atoms with van der Waals surface area (Å²) in [5, 5.41) is 11.0. The molecule has 0 aromatic carbocycles. The fourth-order valence-corrected chi connectivity index (χ4v) is 3.52. The first kappa shape index (κ1) is 15.5. The number of hydrogen-bond acceptors (Lipinski definition) is 3. The van der Waals surface area contributed by atoms with Gasteiger partial charge in [-0.3, -0.25) is 9.48 Å². The first-order valence-corrected chi connectivity index (χ1v) is 8.60. The molecule has 1 atom stereocenters. The van der Waals surface area contributed by atoms with E-state index in [1.165, 1.54) is 19.3 Å². The molecule has 5 heteroatoms. The molecule has 2 fully saturated rings. The molecular formula is C17H28N4O. The minimum atomic E-state index is -0.0211. The third-order valence-corrected chi connectivity index (χ3v) is 5.16. The molecule has 0 bridgehead atoms. The molecular weight excluding hydrogens is 276 g/mol. The second kappa shape index (κ2) is 6.41. The molecule has 1 aromatic rings. The molecule has 3 rings (SSSR count). The van der Waals surface area contributed by atoms with Crippen LogP contribution in [-0.4, -0.2) is 34.8 Å². The van der Waals surface area contributed by atoms with E-state index in [2.05, 4.69) is 29.6 Å². The van der Waals surface area contributed by atoms with Crippen LogP contribution >= 0.6 is 0 Å². The number of hydrogen-bond donors (Lipinski definition) is 2. The average Bonchev–Trinajstić information content (AvgIpc) is 3.00. The van der Waals surface area contributed by atoms with E-state index in [0.717, 1.165) is 32.4 Å². The first-order chi connectivity index (χ1) is 10.5. The molecule has 1 saturated carbocycles. The van der Waals surface area contributed by atoms with Crippen molar-refractivity contribution >= 4 is 5.91 Å². The van der Waals surface area contributed by atoms with Crippen LogP contribution in [0.15, 0.2) is 12.3 Å². The van der Waals surface area contributed by atoms with Gasteiger partial charge in [-0.1, -0.05) is 13.8 Å². The SMILES string of the molecule is CC1(C)CCC(NC(=O)c2ccn(C3CCCNC3)n2)CC1. The highest BCUT2D eigenvalue weighted by Gasteiger charge is 2.28. The lowest BCUT2D eigenvalue weighted by Gasteiger charge is -2.34. The van der Waals surface area contributed by atoms with Gasteiger partial charge in [-0.2, -0.15) is 5.10 Å². The maximum absolute atomic E-state index is 12.4. The van der Waals surface area contributed by atoms with Crippen LogP contribution in [0.3, 0.4) is 0 Å². The Balaban J connectivity index is 1.55. The molecule has 1 saturated heterocycles. The highest BCUT2D eigenvalue weighted by Crippen LogP contribution is 2.35. The van der Waals surface area contributed by atoms with Crippen molar-refractivity contribution in [3.8, 4) is 0 Å². The average molecular weight is 304 g/mol. The fourth-order valence-electron chi connectivity index (χ4n) is 3.52. The molecule has 5 nitrogen and oxygen atoms in total. The zero-order valence-corrected chi connectivity index (χ0v) is 13.8. The zero-order valence-electron chi connectivity index (χ0n) is 13.8. The number of piperidine rings is 1. The Hall–Kier alpha value is -1.36. The lowest BCUT2D eigenvalue weighted by atomic mass is 9.75. The molecule has 1 amide bonds. The summed E-state index contributed by atoms with van der Waals surface area (Å²) in [6, 6.07) is 2.53. The van der Waals surface area contributed by atoms with E-state index >= 15 is 0 Å². The Kier molecular flexibility index (Phi) is 4.52. The minimum absolute atomic E-state index is 0.0211. The largest absolute Gasteiger partial charge is 0.348 e. The van der Waals surface area contributed by atoms with E-state index in [1.54, 1.807) is 0 Å². The van der Waals surface area contributed by atoms with Crippen molar-refractivity contribution in [3.05, 3.63) is 18.0 Å². The predicted molar refractivity (Wildman–Crippen MR) is 86.9 cm³/mol. The van der Waals surface area contributed by atoms with Gasteiger partial charge in [0, 0.05) is 18.8 Å². The van der Waals surface area contributed by atoms with Crippen LogP contribution in [0.4, 0.5) is 0 Å². The number of nitrogens with one attached hydrogen (secondary N) is 2. The van der Waals surface area contributed by atoms with Gasteiger partial charge in [-0.15, -0.1) is 0 Å². The maximum atomic E-state index is 12.4. The Morgan fingerprint density at radius 2 is 2.14 bits per heavy atom. The molecule has 2 aliphatic rings. The van der Waals surface area contributed by atoms with Crippen LogP contribution in [0, 0.1) is 5.41 Å². The number of carbonyl (C=O) groups excluding carboxylic acids is 1. The van der Waals surface area contributed by atoms with Crippen molar-refractivity contribution in [3.63, 3.8) is 0 Å². The summed E-state index contributed by atoms with van der Waals surface area (Å²) >= 11 is 0. The number of amides is 1. The van der Waals surface area contributed by atoms with Crippen molar-refractivity contribution < 1.29 is 4.79 Å². The van der Waals surface area contributed by atoms with Crippen LogP contribution in [0.2, 0.25) is 0 Å². The van der Waals surface area contributed by atoms with Crippen LogP contribution in [0.5, 0.6) is 0 Å². The summed E-state index contributed by atoms with van der Waals surface area (Å²) in [5.74, 6) is -0.0211. The van der Waals surface area contributed by atoms with Crippen LogP contribution < -0.4 is 10.6 Å². The summed E-state index contributed by atoms with van der Waals surface area (Å²) in [7, 11) is 0. The van der Waals surface area contributed by atoms with Gasteiger partial charge in [0.05, 0.1) is 6.04 Å². The van der Waals surface area contributed by atoms with Gasteiger partial charge < -0.3 is 10.6 Å². The van der Waals surface area contributed by atoms with E-state index in [1.807, 2.05) is 16.9 Å². The zero-order chi connectivity index (χ0) is 15.6. The third-order valence-electron chi connectivity index (χ3n) is 5.16. The first-order valence-electron chi connectivity index (χ1n) is 8.60. The monoisotopic (exact) mass is 304 g/mol. The van der Waals surface area contributed by atoms with Crippen molar-refractivity contribution in [1.29, 1.82) is 0 Å². The third kappa shape index (κ3) is 3.69. The second-order valence-electron chi connectivity index (χ2n) is 7.59. The Morgan fingerprint density at radius 1 is 1.36 bits per heavy atom. The molecule has 0 spiro atoms. The topological polar surface area (TPSA) is 59.0 Å². The van der Waals surface area contributed by atoms with Crippen LogP contribution in [0.1, 0.15) is 68.9 Å². The number of carbonyl (C=O) groups is 1. The molecule has 1 unspecified atom stereocenters. The standard InChI is InChI=1S/C17H28N4O/c1-17(2)8-5-13(6-9-17)19-16(22)15-7-11-21(20-15)14-4-3-10-18-12-14/h7,11,13-14,18H,3-6,8-10,12H2,1-2H3,(H,19,22). The molecule has 0 radical (unpaired) electrons. The van der Waals surface area contributed by atoms with Crippen LogP contribution in [0.25, 0.3) is 0 Å². The minimum Gasteiger partial charge on any atom is -0.348 e. The summed E-state index contributed by atoms with van der Waals surface area (Å²) < 4.78 is 1.95. The maximum Gasteiger partial charge on any atom is 0.271 e. The quantitative estimate of drug-likeness (QED) is 0.902. The van der Waals surface area contributed by atoms with Gasteiger partial charge in [0.15, 0.2) is 0 Å². The number of nitrogens with zero attached hydrogens (tertiary/aromatic N) is 2. The van der Waals surface area contributed by atoms with Crippen LogP contribution in [-0.2, 0) is 0 Å². The molecule has 1 aliphatic carbocycles. The predicted octanol–water partition coefficient (Wildman–Crippen LogP) is 2.51. The lowest BCUT2D eigenvalue weighted by Crippen LogP contribution is -2.39. The lowest BCUT2D eigenvalue weighted by molar-refractivity contribution is 0.0902. The Bertz CT molecular complexity index is 506. The number of aromatic nitrogens is 2. The smallest absolute Gasteiger partial charge is 0.271 e. The molecule has 2 N–H and O–H groups in total. The van der Waals surface area contributed by atoms with Gasteiger partial charge in [0.25, 0.3) is 5.91 Å². The molecule has 122 valence electrons. The van der Waals surface area contributed by atoms with Crippen molar-refractivity contribution in [1.82, 2.24) is 20.4 Å². The molecule has 2 heterocycles. The van der Waals surface area contributed by atoms with Gasteiger partial charge in [-0.25, -0.2) is 0 Å². The highest BCUT2D eigenvalue weighted by molar-refractivity contribution is 5.92. The van der Waals surface area contributed by atoms with E-state index in [-0.39, 0.29) is 5.91 Å². The summed E-state index contributed by atoms with van der Waals surface area (Å²) in [4.78, 5) is 12.4. The van der Waals surface area contributed by atoms with E-state index < -0.39 is 0 Å². The number of rotatable bonds is 3. The van der Waals surface area contributed by atoms with Crippen molar-refractivity contribution in [2.75, 3.05) is 13.1 Å².